The van der Waals surface area contributed by atoms with Gasteiger partial charge in [-0.05, 0) is 17.7 Å². The minimum absolute atomic E-state index is 0.344. The minimum atomic E-state index is -1.07. The second kappa shape index (κ2) is 3.34. The van der Waals surface area contributed by atoms with Crippen molar-refractivity contribution in [2.24, 2.45) is 11.5 Å². The van der Waals surface area contributed by atoms with Crippen LogP contribution in [0.3, 0.4) is 0 Å². The zero-order valence-electron chi connectivity index (χ0n) is 6.40. The Morgan fingerprint density at radius 3 is 2.67 bits per heavy atom. The number of aliphatic hydroxyl groups excluding tert-OH is 1. The summed E-state index contributed by atoms with van der Waals surface area (Å²) in [5.41, 5.74) is 11.0. The van der Waals surface area contributed by atoms with Gasteiger partial charge in [-0.25, -0.2) is 0 Å². The number of amides is 1. The molecule has 0 aliphatic heterocycles. The summed E-state index contributed by atoms with van der Waals surface area (Å²) in [5.74, 6) is -0.530. The second-order valence-corrected chi connectivity index (χ2v) is 2.43. The average molecular weight is 166 g/mol. The number of nitrogens with two attached hydrogens (primary N) is 2. The molecular formula is C8H10N2O2. The van der Waals surface area contributed by atoms with Crippen molar-refractivity contribution in [2.45, 2.75) is 6.23 Å². The van der Waals surface area contributed by atoms with Crippen molar-refractivity contribution < 1.29 is 9.90 Å². The first kappa shape index (κ1) is 8.70. The minimum Gasteiger partial charge on any atom is -0.375 e. The first-order valence-corrected chi connectivity index (χ1v) is 3.44. The van der Waals surface area contributed by atoms with Crippen LogP contribution in [0, 0.1) is 0 Å². The Morgan fingerprint density at radius 1 is 1.50 bits per heavy atom. The summed E-state index contributed by atoms with van der Waals surface area (Å²) in [4.78, 5) is 10.7. The highest BCUT2D eigenvalue weighted by Crippen LogP contribution is 2.09. The van der Waals surface area contributed by atoms with E-state index >= 15 is 0 Å². The molecule has 0 saturated heterocycles. The molecule has 1 aromatic rings. The molecule has 1 atom stereocenters. The van der Waals surface area contributed by atoms with Gasteiger partial charge in [0.1, 0.15) is 6.23 Å². The maximum Gasteiger partial charge on any atom is 0.248 e. The van der Waals surface area contributed by atoms with E-state index in [4.69, 9.17) is 16.6 Å². The molecular weight excluding hydrogens is 156 g/mol. The van der Waals surface area contributed by atoms with Crippen LogP contribution < -0.4 is 11.5 Å². The van der Waals surface area contributed by atoms with E-state index in [1.54, 1.807) is 18.2 Å². The molecule has 0 aliphatic rings. The van der Waals surface area contributed by atoms with Crippen molar-refractivity contribution in [1.82, 2.24) is 0 Å². The highest BCUT2D eigenvalue weighted by molar-refractivity contribution is 5.92. The summed E-state index contributed by atoms with van der Waals surface area (Å²) < 4.78 is 0. The van der Waals surface area contributed by atoms with E-state index in [1.165, 1.54) is 6.07 Å². The van der Waals surface area contributed by atoms with Crippen LogP contribution in [0.2, 0.25) is 0 Å². The van der Waals surface area contributed by atoms with Gasteiger partial charge in [0.2, 0.25) is 5.91 Å². The zero-order valence-corrected chi connectivity index (χ0v) is 6.40. The van der Waals surface area contributed by atoms with Crippen LogP contribution in [0.5, 0.6) is 0 Å². The Bertz CT molecular complexity index is 297. The van der Waals surface area contributed by atoms with E-state index in [2.05, 4.69) is 0 Å². The highest BCUT2D eigenvalue weighted by Gasteiger charge is 2.04. The van der Waals surface area contributed by atoms with Crippen molar-refractivity contribution in [1.29, 1.82) is 0 Å². The van der Waals surface area contributed by atoms with Crippen molar-refractivity contribution >= 4 is 5.91 Å². The number of primary amides is 1. The molecule has 12 heavy (non-hydrogen) atoms. The summed E-state index contributed by atoms with van der Waals surface area (Å²) in [6.45, 7) is 0. The molecule has 0 fully saturated rings. The van der Waals surface area contributed by atoms with Gasteiger partial charge in [0, 0.05) is 5.56 Å². The molecule has 4 nitrogen and oxygen atoms in total. The van der Waals surface area contributed by atoms with Crippen molar-refractivity contribution in [2.75, 3.05) is 0 Å². The topological polar surface area (TPSA) is 89.3 Å². The number of carbonyl (C=O) groups excluding carboxylic acids is 1. The lowest BCUT2D eigenvalue weighted by molar-refractivity contribution is 0.1000. The van der Waals surface area contributed by atoms with Crippen LogP contribution in [0.25, 0.3) is 0 Å². The fraction of sp³-hybridized carbons (Fsp3) is 0.125. The van der Waals surface area contributed by atoms with Crippen LogP contribution in [0.1, 0.15) is 22.1 Å². The Kier molecular flexibility index (Phi) is 2.42. The third-order valence-corrected chi connectivity index (χ3v) is 1.51. The second-order valence-electron chi connectivity index (χ2n) is 2.43. The third kappa shape index (κ3) is 1.81. The molecule has 0 heterocycles. The number of aliphatic hydroxyl groups is 1. The number of carbonyl (C=O) groups is 1. The fourth-order valence-corrected chi connectivity index (χ4v) is 0.876. The summed E-state index contributed by atoms with van der Waals surface area (Å²) in [6.07, 6.45) is -1.07. The van der Waals surface area contributed by atoms with Gasteiger partial charge < -0.3 is 16.6 Å². The van der Waals surface area contributed by atoms with Crippen LogP contribution in [-0.4, -0.2) is 11.0 Å². The lowest BCUT2D eigenvalue weighted by Crippen LogP contribution is -2.13. The van der Waals surface area contributed by atoms with Gasteiger partial charge in [-0.2, -0.15) is 0 Å². The first-order chi connectivity index (χ1) is 5.61. The Balaban J connectivity index is 3.04. The molecule has 1 rings (SSSR count). The molecule has 0 aliphatic carbocycles. The molecule has 1 amide bonds. The number of rotatable bonds is 2. The Labute approximate surface area is 69.8 Å². The predicted molar refractivity (Wildman–Crippen MR) is 44.1 cm³/mol. The van der Waals surface area contributed by atoms with Gasteiger partial charge in [-0.3, -0.25) is 4.79 Å². The van der Waals surface area contributed by atoms with Crippen LogP contribution in [0.4, 0.5) is 0 Å². The maximum atomic E-state index is 10.7. The van der Waals surface area contributed by atoms with Gasteiger partial charge in [-0.15, -0.1) is 0 Å². The molecule has 1 aromatic carbocycles. The van der Waals surface area contributed by atoms with Gasteiger partial charge >= 0.3 is 0 Å². The van der Waals surface area contributed by atoms with E-state index in [0.29, 0.717) is 11.1 Å². The molecule has 0 aromatic heterocycles. The van der Waals surface area contributed by atoms with Gasteiger partial charge in [-0.1, -0.05) is 12.1 Å². The molecule has 0 saturated carbocycles. The molecule has 4 heteroatoms. The average Bonchev–Trinajstić information content (AvgIpc) is 2.04. The summed E-state index contributed by atoms with van der Waals surface area (Å²) >= 11 is 0. The Morgan fingerprint density at radius 2 is 2.17 bits per heavy atom. The lowest BCUT2D eigenvalue weighted by atomic mass is 10.1. The van der Waals surface area contributed by atoms with Crippen LogP contribution >= 0.6 is 0 Å². The van der Waals surface area contributed by atoms with Crippen molar-refractivity contribution in [3.63, 3.8) is 0 Å². The smallest absolute Gasteiger partial charge is 0.248 e. The Hall–Kier alpha value is -1.39. The van der Waals surface area contributed by atoms with E-state index < -0.39 is 12.1 Å². The molecule has 1 unspecified atom stereocenters. The zero-order chi connectivity index (χ0) is 9.14. The lowest BCUT2D eigenvalue weighted by Gasteiger charge is -2.04. The van der Waals surface area contributed by atoms with Crippen LogP contribution in [-0.2, 0) is 0 Å². The number of benzene rings is 1. The quantitative estimate of drug-likeness (QED) is 0.528. The van der Waals surface area contributed by atoms with E-state index in [-0.39, 0.29) is 0 Å². The van der Waals surface area contributed by atoms with Gasteiger partial charge in [0.25, 0.3) is 0 Å². The fourth-order valence-electron chi connectivity index (χ4n) is 0.876. The monoisotopic (exact) mass is 166 g/mol. The van der Waals surface area contributed by atoms with Gasteiger partial charge in [0.05, 0.1) is 0 Å². The number of hydrogen-bond donors (Lipinski definition) is 3. The summed E-state index contributed by atoms with van der Waals surface area (Å²) in [6, 6.07) is 6.27. The molecule has 0 bridgehead atoms. The SMILES string of the molecule is NC(=O)c1cccc(C(N)O)c1. The van der Waals surface area contributed by atoms with Crippen LogP contribution in [0.15, 0.2) is 24.3 Å². The standard InChI is InChI=1S/C8H10N2O2/c9-7(11)5-2-1-3-6(4-5)8(10)12/h1-4,7,11H,9H2,(H2,10,12). The largest absolute Gasteiger partial charge is 0.375 e. The van der Waals surface area contributed by atoms with E-state index in [9.17, 15) is 4.79 Å². The maximum absolute atomic E-state index is 10.7. The normalized spacial score (nSPS) is 12.5. The van der Waals surface area contributed by atoms with E-state index in [1.807, 2.05) is 0 Å². The molecule has 5 N–H and O–H groups in total. The number of hydrogen-bond acceptors (Lipinski definition) is 3. The highest BCUT2D eigenvalue weighted by atomic mass is 16.3. The predicted octanol–water partition coefficient (Wildman–Crippen LogP) is -0.265. The third-order valence-electron chi connectivity index (χ3n) is 1.51. The van der Waals surface area contributed by atoms with Crippen molar-refractivity contribution in [3.8, 4) is 0 Å². The molecule has 0 spiro atoms. The molecule has 64 valence electrons. The van der Waals surface area contributed by atoms with Gasteiger partial charge in [0.15, 0.2) is 0 Å². The van der Waals surface area contributed by atoms with Crippen molar-refractivity contribution in [3.05, 3.63) is 35.4 Å². The summed E-state index contributed by atoms with van der Waals surface area (Å²) in [5, 5.41) is 8.96. The van der Waals surface area contributed by atoms with E-state index in [0.717, 1.165) is 0 Å². The summed E-state index contributed by atoms with van der Waals surface area (Å²) in [7, 11) is 0. The molecule has 0 radical (unpaired) electrons. The first-order valence-electron chi connectivity index (χ1n) is 3.44.